The van der Waals surface area contributed by atoms with E-state index in [4.69, 9.17) is 14.2 Å². The fourth-order valence-corrected chi connectivity index (χ4v) is 2.89. The van der Waals surface area contributed by atoms with Crippen LogP contribution in [0, 0.1) is 5.92 Å². The summed E-state index contributed by atoms with van der Waals surface area (Å²) in [5.74, 6) is 1.53. The van der Waals surface area contributed by atoms with Gasteiger partial charge in [-0.3, -0.25) is 4.79 Å². The number of benzene rings is 1. The summed E-state index contributed by atoms with van der Waals surface area (Å²) in [5.41, 5.74) is 4.13. The van der Waals surface area contributed by atoms with Crippen molar-refractivity contribution in [3.8, 4) is 17.2 Å². The predicted octanol–water partition coefficient (Wildman–Crippen LogP) is 3.01. The van der Waals surface area contributed by atoms with Gasteiger partial charge in [0, 0.05) is 11.3 Å². The highest BCUT2D eigenvalue weighted by molar-refractivity contribution is 5.97. The van der Waals surface area contributed by atoms with E-state index in [1.165, 1.54) is 21.3 Å². The largest absolute Gasteiger partial charge is 0.493 e. The molecule has 1 aromatic carbocycles. The lowest BCUT2D eigenvalue weighted by Crippen LogP contribution is -2.21. The average molecular weight is 320 g/mol. The Morgan fingerprint density at radius 1 is 1.22 bits per heavy atom. The fourth-order valence-electron chi connectivity index (χ4n) is 2.89. The van der Waals surface area contributed by atoms with Crippen LogP contribution in [0.3, 0.4) is 0 Å². The van der Waals surface area contributed by atoms with Crippen LogP contribution >= 0.6 is 0 Å². The smallest absolute Gasteiger partial charge is 0.271 e. The Bertz CT molecular complexity index is 573. The first-order valence-corrected chi connectivity index (χ1v) is 7.81. The predicted molar refractivity (Wildman–Crippen MR) is 88.6 cm³/mol. The molecule has 2 rings (SSSR count). The Morgan fingerprint density at radius 3 is 2.39 bits per heavy atom. The van der Waals surface area contributed by atoms with Gasteiger partial charge in [-0.2, -0.15) is 5.10 Å². The summed E-state index contributed by atoms with van der Waals surface area (Å²) < 4.78 is 15.8. The van der Waals surface area contributed by atoms with Crippen molar-refractivity contribution >= 4 is 11.6 Å². The van der Waals surface area contributed by atoms with Crippen molar-refractivity contribution in [2.24, 2.45) is 11.0 Å². The van der Waals surface area contributed by atoms with Crippen molar-refractivity contribution < 1.29 is 19.0 Å². The molecular formula is C17H24N2O4. The van der Waals surface area contributed by atoms with Crippen molar-refractivity contribution in [3.05, 3.63) is 17.7 Å². The van der Waals surface area contributed by atoms with Gasteiger partial charge >= 0.3 is 0 Å². The van der Waals surface area contributed by atoms with Crippen LogP contribution < -0.4 is 19.6 Å². The summed E-state index contributed by atoms with van der Waals surface area (Å²) in [4.78, 5) is 12.4. The van der Waals surface area contributed by atoms with E-state index in [-0.39, 0.29) is 5.91 Å². The molecular weight excluding hydrogens is 296 g/mol. The van der Waals surface area contributed by atoms with E-state index in [0.717, 1.165) is 31.4 Å². The zero-order valence-electron chi connectivity index (χ0n) is 14.1. The number of methoxy groups -OCH3 is 3. The van der Waals surface area contributed by atoms with Crippen LogP contribution in [-0.4, -0.2) is 32.9 Å². The molecule has 1 aromatic rings. The standard InChI is InChI=1S/C17H24N2O4/c1-5-11-7-6-8-13(11)18-19-17(20)12-9-14(21-2)16(23-4)15(10-12)22-3/h9-11H,5-8H2,1-4H3,(H,19,20)/b18-13+. The number of rotatable bonds is 6. The lowest BCUT2D eigenvalue weighted by Gasteiger charge is -2.13. The fraction of sp³-hybridized carbons (Fsp3) is 0.529. The highest BCUT2D eigenvalue weighted by Gasteiger charge is 2.21. The number of ether oxygens (including phenoxy) is 3. The second kappa shape index (κ2) is 7.85. The maximum absolute atomic E-state index is 12.4. The molecule has 0 aliphatic heterocycles. The number of hydrogen-bond donors (Lipinski definition) is 1. The van der Waals surface area contributed by atoms with E-state index in [0.29, 0.717) is 28.7 Å². The number of nitrogens with zero attached hydrogens (tertiary/aromatic N) is 1. The second-order valence-corrected chi connectivity index (χ2v) is 5.46. The SMILES string of the molecule is CCC1CCC/C1=N\NC(=O)c1cc(OC)c(OC)c(OC)c1. The third-order valence-electron chi connectivity index (χ3n) is 4.18. The molecule has 1 aliphatic rings. The molecule has 126 valence electrons. The summed E-state index contributed by atoms with van der Waals surface area (Å²) in [6.45, 7) is 2.15. The van der Waals surface area contributed by atoms with Crippen molar-refractivity contribution in [2.45, 2.75) is 32.6 Å². The minimum atomic E-state index is -0.293. The van der Waals surface area contributed by atoms with Gasteiger partial charge in [-0.05, 0) is 43.7 Å². The highest BCUT2D eigenvalue weighted by Crippen LogP contribution is 2.38. The Morgan fingerprint density at radius 2 is 1.87 bits per heavy atom. The second-order valence-electron chi connectivity index (χ2n) is 5.46. The summed E-state index contributed by atoms with van der Waals surface area (Å²) >= 11 is 0. The topological polar surface area (TPSA) is 69.2 Å². The zero-order valence-corrected chi connectivity index (χ0v) is 14.1. The molecule has 6 heteroatoms. The number of hydrazone groups is 1. The number of carbonyl (C=O) groups excluding carboxylic acids is 1. The lowest BCUT2D eigenvalue weighted by molar-refractivity contribution is 0.0953. The molecule has 1 atom stereocenters. The van der Waals surface area contributed by atoms with Crippen LogP contribution in [0.4, 0.5) is 0 Å². The van der Waals surface area contributed by atoms with Crippen LogP contribution in [0.5, 0.6) is 17.2 Å². The van der Waals surface area contributed by atoms with Gasteiger partial charge in [0.25, 0.3) is 5.91 Å². The van der Waals surface area contributed by atoms with Gasteiger partial charge in [-0.25, -0.2) is 5.43 Å². The highest BCUT2D eigenvalue weighted by atomic mass is 16.5. The van der Waals surface area contributed by atoms with Gasteiger partial charge in [0.05, 0.1) is 21.3 Å². The molecule has 6 nitrogen and oxygen atoms in total. The van der Waals surface area contributed by atoms with E-state index in [9.17, 15) is 4.79 Å². The third-order valence-corrected chi connectivity index (χ3v) is 4.18. The molecule has 0 spiro atoms. The summed E-state index contributed by atoms with van der Waals surface area (Å²) in [7, 11) is 4.56. The number of nitrogens with one attached hydrogen (secondary N) is 1. The van der Waals surface area contributed by atoms with Crippen LogP contribution in [0.2, 0.25) is 0 Å². The van der Waals surface area contributed by atoms with Crippen molar-refractivity contribution in [1.82, 2.24) is 5.43 Å². The molecule has 0 saturated heterocycles. The van der Waals surface area contributed by atoms with Crippen LogP contribution in [0.25, 0.3) is 0 Å². The summed E-state index contributed by atoms with van der Waals surface area (Å²) in [6, 6.07) is 3.23. The van der Waals surface area contributed by atoms with Gasteiger partial charge in [0.1, 0.15) is 0 Å². The molecule has 1 N–H and O–H groups in total. The van der Waals surface area contributed by atoms with Crippen LogP contribution in [0.15, 0.2) is 17.2 Å². The lowest BCUT2D eigenvalue weighted by atomic mass is 10.0. The number of carbonyl (C=O) groups is 1. The molecule has 0 bridgehead atoms. The van der Waals surface area contributed by atoms with E-state index in [1.807, 2.05) is 0 Å². The normalized spacial score (nSPS) is 18.8. The molecule has 0 radical (unpaired) electrons. The monoisotopic (exact) mass is 320 g/mol. The molecule has 0 heterocycles. The van der Waals surface area contributed by atoms with Gasteiger partial charge in [-0.15, -0.1) is 0 Å². The summed E-state index contributed by atoms with van der Waals surface area (Å²) in [5, 5.41) is 4.31. The van der Waals surface area contributed by atoms with Gasteiger partial charge < -0.3 is 14.2 Å². The third kappa shape index (κ3) is 3.75. The quantitative estimate of drug-likeness (QED) is 0.818. The molecule has 1 unspecified atom stereocenters. The first-order chi connectivity index (χ1) is 11.1. The van der Waals surface area contributed by atoms with Gasteiger partial charge in [-0.1, -0.05) is 6.92 Å². The first-order valence-electron chi connectivity index (χ1n) is 7.81. The average Bonchev–Trinajstić information content (AvgIpc) is 3.05. The van der Waals surface area contributed by atoms with E-state index in [2.05, 4.69) is 17.5 Å². The van der Waals surface area contributed by atoms with Crippen LogP contribution in [0.1, 0.15) is 43.0 Å². The first kappa shape index (κ1) is 17.1. The molecule has 0 aromatic heterocycles. The van der Waals surface area contributed by atoms with Gasteiger partial charge in [0.15, 0.2) is 11.5 Å². The minimum Gasteiger partial charge on any atom is -0.493 e. The molecule has 1 saturated carbocycles. The molecule has 1 fully saturated rings. The number of hydrogen-bond acceptors (Lipinski definition) is 5. The van der Waals surface area contributed by atoms with Crippen molar-refractivity contribution in [1.29, 1.82) is 0 Å². The Hall–Kier alpha value is -2.24. The Balaban J connectivity index is 2.20. The maximum atomic E-state index is 12.4. The van der Waals surface area contributed by atoms with Crippen molar-refractivity contribution in [3.63, 3.8) is 0 Å². The molecule has 23 heavy (non-hydrogen) atoms. The maximum Gasteiger partial charge on any atom is 0.271 e. The van der Waals surface area contributed by atoms with E-state index >= 15 is 0 Å². The number of amides is 1. The van der Waals surface area contributed by atoms with Crippen molar-refractivity contribution in [2.75, 3.05) is 21.3 Å². The Labute approximate surface area is 136 Å². The molecule has 1 amide bonds. The van der Waals surface area contributed by atoms with Crippen LogP contribution in [-0.2, 0) is 0 Å². The van der Waals surface area contributed by atoms with E-state index in [1.54, 1.807) is 12.1 Å². The van der Waals surface area contributed by atoms with Gasteiger partial charge in [0.2, 0.25) is 5.75 Å². The zero-order chi connectivity index (χ0) is 16.8. The molecule has 1 aliphatic carbocycles. The van der Waals surface area contributed by atoms with E-state index < -0.39 is 0 Å². The minimum absolute atomic E-state index is 0.293. The Kier molecular flexibility index (Phi) is 5.84. The summed E-state index contributed by atoms with van der Waals surface area (Å²) in [6.07, 6.45) is 4.29.